The summed E-state index contributed by atoms with van der Waals surface area (Å²) in [5, 5.41) is 0. The Hall–Kier alpha value is -5.42. The van der Waals surface area contributed by atoms with E-state index in [9.17, 15) is 0 Å². The van der Waals surface area contributed by atoms with E-state index in [0.717, 1.165) is 44.8 Å². The molecule has 0 unspecified atom stereocenters. The quantitative estimate of drug-likeness (QED) is 0.210. The molecule has 5 heteroatoms. The zero-order valence-electron chi connectivity index (χ0n) is 23.5. The lowest BCUT2D eigenvalue weighted by molar-refractivity contribution is 0.851. The number of hydrogen-bond acceptors (Lipinski definition) is 4. The van der Waals surface area contributed by atoms with Gasteiger partial charge >= 0.3 is 0 Å². The van der Waals surface area contributed by atoms with Crippen molar-refractivity contribution >= 4 is 11.0 Å². The van der Waals surface area contributed by atoms with Crippen molar-refractivity contribution in [3.63, 3.8) is 0 Å². The zero-order valence-corrected chi connectivity index (χ0v) is 23.5. The van der Waals surface area contributed by atoms with Crippen molar-refractivity contribution in [1.29, 1.82) is 0 Å². The van der Waals surface area contributed by atoms with E-state index < -0.39 is 0 Å². The van der Waals surface area contributed by atoms with Crippen LogP contribution in [0, 0.1) is 0 Å². The molecule has 0 aliphatic carbocycles. The normalized spacial score (nSPS) is 11.3. The number of fused-ring (bicyclic) bond motifs is 1. The Morgan fingerprint density at radius 3 is 1.52 bits per heavy atom. The van der Waals surface area contributed by atoms with Gasteiger partial charge in [0.25, 0.3) is 0 Å². The van der Waals surface area contributed by atoms with Gasteiger partial charge in [0.1, 0.15) is 5.82 Å². The molecule has 5 aromatic carbocycles. The van der Waals surface area contributed by atoms with E-state index in [1.54, 1.807) is 0 Å². The molecule has 0 N–H and O–H groups in total. The fourth-order valence-corrected chi connectivity index (χ4v) is 5.35. The summed E-state index contributed by atoms with van der Waals surface area (Å²) in [6, 6.07) is 45.4. The van der Waals surface area contributed by atoms with Crippen molar-refractivity contribution in [2.75, 3.05) is 0 Å². The van der Waals surface area contributed by atoms with Crippen LogP contribution in [0.15, 0.2) is 133 Å². The largest absolute Gasteiger partial charge is 0.292 e. The maximum Gasteiger partial charge on any atom is 0.164 e. The fourth-order valence-electron chi connectivity index (χ4n) is 5.35. The van der Waals surface area contributed by atoms with E-state index in [0.29, 0.717) is 23.4 Å². The van der Waals surface area contributed by atoms with Crippen LogP contribution in [-0.2, 0) is 0 Å². The first-order chi connectivity index (χ1) is 20.7. The number of rotatable bonds is 6. The maximum absolute atomic E-state index is 5.09. The standard InChI is InChI=1S/C37H29N5/c1-25(2)30-17-9-11-19-32(30)42-33-20-12-10-18-31(33)38-37(42)29-23-21-28(22-24-29)36-40-34(26-13-5-3-6-14-26)39-35(41-36)27-15-7-4-8-16-27/h3-25H,1-2H3. The van der Waals surface area contributed by atoms with Gasteiger partial charge in [-0.1, -0.05) is 129 Å². The van der Waals surface area contributed by atoms with Crippen LogP contribution in [0.25, 0.3) is 62.3 Å². The third-order valence-corrected chi connectivity index (χ3v) is 7.46. The van der Waals surface area contributed by atoms with Crippen molar-refractivity contribution in [3.8, 4) is 51.2 Å². The Bertz CT molecular complexity index is 1940. The van der Waals surface area contributed by atoms with Gasteiger partial charge in [-0.05, 0) is 29.7 Å². The summed E-state index contributed by atoms with van der Waals surface area (Å²) < 4.78 is 2.28. The molecule has 202 valence electrons. The van der Waals surface area contributed by atoms with E-state index in [1.807, 2.05) is 66.7 Å². The molecule has 2 heterocycles. The third-order valence-electron chi connectivity index (χ3n) is 7.46. The van der Waals surface area contributed by atoms with Gasteiger partial charge < -0.3 is 0 Å². The minimum absolute atomic E-state index is 0.374. The summed E-state index contributed by atoms with van der Waals surface area (Å²) in [6.07, 6.45) is 0. The molecule has 0 aliphatic heterocycles. The third kappa shape index (κ3) is 4.75. The summed E-state index contributed by atoms with van der Waals surface area (Å²) in [6.45, 7) is 4.46. The van der Waals surface area contributed by atoms with E-state index in [1.165, 1.54) is 5.56 Å². The van der Waals surface area contributed by atoms with Crippen molar-refractivity contribution in [2.24, 2.45) is 0 Å². The van der Waals surface area contributed by atoms with Crippen LogP contribution in [0.4, 0.5) is 0 Å². The second kappa shape index (κ2) is 10.9. The van der Waals surface area contributed by atoms with Crippen LogP contribution in [-0.4, -0.2) is 24.5 Å². The average molecular weight is 544 g/mol. The molecule has 0 saturated heterocycles. The average Bonchev–Trinajstić information content (AvgIpc) is 3.45. The Morgan fingerprint density at radius 1 is 0.452 bits per heavy atom. The van der Waals surface area contributed by atoms with E-state index >= 15 is 0 Å². The second-order valence-corrected chi connectivity index (χ2v) is 10.6. The molecule has 0 fully saturated rings. The van der Waals surface area contributed by atoms with E-state index in [2.05, 4.69) is 85.1 Å². The minimum Gasteiger partial charge on any atom is -0.292 e. The number of para-hydroxylation sites is 3. The lowest BCUT2D eigenvalue weighted by Gasteiger charge is -2.17. The number of nitrogens with zero attached hydrogens (tertiary/aromatic N) is 5. The molecule has 42 heavy (non-hydrogen) atoms. The Balaban J connectivity index is 1.35. The second-order valence-electron chi connectivity index (χ2n) is 10.6. The molecule has 2 aromatic heterocycles. The van der Waals surface area contributed by atoms with Crippen LogP contribution in [0.1, 0.15) is 25.3 Å². The van der Waals surface area contributed by atoms with Gasteiger partial charge in [-0.2, -0.15) is 0 Å². The predicted molar refractivity (Wildman–Crippen MR) is 170 cm³/mol. The van der Waals surface area contributed by atoms with Gasteiger partial charge in [-0.25, -0.2) is 19.9 Å². The minimum atomic E-state index is 0.374. The van der Waals surface area contributed by atoms with Gasteiger partial charge in [0.15, 0.2) is 17.5 Å². The van der Waals surface area contributed by atoms with E-state index in [-0.39, 0.29) is 0 Å². The first kappa shape index (κ1) is 25.5. The summed E-state index contributed by atoms with van der Waals surface area (Å²) in [4.78, 5) is 19.7. The smallest absolute Gasteiger partial charge is 0.164 e. The Kier molecular flexibility index (Phi) is 6.61. The summed E-state index contributed by atoms with van der Waals surface area (Å²) in [5.41, 5.74) is 8.33. The molecular weight excluding hydrogens is 514 g/mol. The first-order valence-electron chi connectivity index (χ1n) is 14.2. The lowest BCUT2D eigenvalue weighted by atomic mass is 10.0. The van der Waals surface area contributed by atoms with Gasteiger partial charge in [0, 0.05) is 22.3 Å². The lowest BCUT2D eigenvalue weighted by Crippen LogP contribution is -2.03. The number of imidazole rings is 1. The van der Waals surface area contributed by atoms with Gasteiger partial charge in [0.2, 0.25) is 0 Å². The number of aromatic nitrogens is 5. The topological polar surface area (TPSA) is 56.5 Å². The van der Waals surface area contributed by atoms with E-state index in [4.69, 9.17) is 19.9 Å². The van der Waals surface area contributed by atoms with Crippen LogP contribution in [0.3, 0.4) is 0 Å². The van der Waals surface area contributed by atoms with Crippen molar-refractivity contribution < 1.29 is 0 Å². The van der Waals surface area contributed by atoms with Gasteiger partial charge in [-0.3, -0.25) is 4.57 Å². The molecule has 0 atom stereocenters. The summed E-state index contributed by atoms with van der Waals surface area (Å²) in [5.74, 6) is 3.21. The highest BCUT2D eigenvalue weighted by molar-refractivity contribution is 5.84. The zero-order chi connectivity index (χ0) is 28.5. The highest BCUT2D eigenvalue weighted by atomic mass is 15.1. The monoisotopic (exact) mass is 543 g/mol. The maximum atomic E-state index is 5.09. The molecule has 0 saturated carbocycles. The van der Waals surface area contributed by atoms with Crippen LogP contribution < -0.4 is 0 Å². The van der Waals surface area contributed by atoms with Gasteiger partial charge in [0.05, 0.1) is 16.7 Å². The van der Waals surface area contributed by atoms with Crippen molar-refractivity contribution in [2.45, 2.75) is 19.8 Å². The van der Waals surface area contributed by atoms with Crippen molar-refractivity contribution in [1.82, 2.24) is 24.5 Å². The van der Waals surface area contributed by atoms with Crippen molar-refractivity contribution in [3.05, 3.63) is 139 Å². The predicted octanol–water partition coefficient (Wildman–Crippen LogP) is 9.00. The van der Waals surface area contributed by atoms with Crippen LogP contribution in [0.2, 0.25) is 0 Å². The molecule has 0 spiro atoms. The summed E-state index contributed by atoms with van der Waals surface area (Å²) >= 11 is 0. The molecule has 7 rings (SSSR count). The Morgan fingerprint density at radius 2 is 0.929 bits per heavy atom. The molecule has 7 aromatic rings. The SMILES string of the molecule is CC(C)c1ccccc1-n1c(-c2ccc(-c3nc(-c4ccccc4)nc(-c4ccccc4)n3)cc2)nc2ccccc21. The molecule has 0 amide bonds. The highest BCUT2D eigenvalue weighted by Gasteiger charge is 2.18. The Labute approximate surface area is 245 Å². The van der Waals surface area contributed by atoms with Gasteiger partial charge in [-0.15, -0.1) is 0 Å². The number of benzene rings is 5. The molecular formula is C37H29N5. The molecule has 0 bridgehead atoms. The fraction of sp³-hybridized carbons (Fsp3) is 0.0811. The van der Waals surface area contributed by atoms with Crippen LogP contribution >= 0.6 is 0 Å². The molecule has 0 radical (unpaired) electrons. The number of hydrogen-bond donors (Lipinski definition) is 0. The first-order valence-corrected chi connectivity index (χ1v) is 14.2. The molecule has 0 aliphatic rings. The van der Waals surface area contributed by atoms with Crippen LogP contribution in [0.5, 0.6) is 0 Å². The summed E-state index contributed by atoms with van der Waals surface area (Å²) in [7, 11) is 0. The highest BCUT2D eigenvalue weighted by Crippen LogP contribution is 2.33. The molecule has 5 nitrogen and oxygen atoms in total.